The zero-order valence-corrected chi connectivity index (χ0v) is 11.6. The van der Waals surface area contributed by atoms with Crippen LogP contribution in [0.4, 0.5) is 0 Å². The van der Waals surface area contributed by atoms with Gasteiger partial charge >= 0.3 is 0 Å². The highest BCUT2D eigenvalue weighted by Gasteiger charge is 2.30. The van der Waals surface area contributed by atoms with Crippen molar-refractivity contribution in [3.63, 3.8) is 0 Å². The highest BCUT2D eigenvalue weighted by molar-refractivity contribution is 6.31. The predicted molar refractivity (Wildman–Crippen MR) is 75.7 cm³/mol. The summed E-state index contributed by atoms with van der Waals surface area (Å²) in [5.41, 5.74) is 2.22. The van der Waals surface area contributed by atoms with Crippen LogP contribution >= 0.6 is 11.6 Å². The van der Waals surface area contributed by atoms with Crippen LogP contribution in [-0.4, -0.2) is 22.3 Å². The summed E-state index contributed by atoms with van der Waals surface area (Å²) in [7, 11) is 0. The topological polar surface area (TPSA) is 27.1 Å². The van der Waals surface area contributed by atoms with Crippen LogP contribution in [0.2, 0.25) is 5.02 Å². The molecule has 2 heterocycles. The van der Waals surface area contributed by atoms with Crippen LogP contribution in [0.1, 0.15) is 37.4 Å². The molecule has 2 aliphatic rings. The van der Waals surface area contributed by atoms with Gasteiger partial charge in [-0.15, -0.1) is 0 Å². The van der Waals surface area contributed by atoms with E-state index in [2.05, 4.69) is 10.6 Å². The summed E-state index contributed by atoms with van der Waals surface area (Å²) >= 11 is 6.07. The molecule has 1 aromatic carbocycles. The van der Waals surface area contributed by atoms with Gasteiger partial charge in [-0.3, -0.25) is 0 Å². The minimum absolute atomic E-state index is 0.352. The number of imidazole rings is 1. The molecule has 0 spiro atoms. The van der Waals surface area contributed by atoms with Crippen molar-refractivity contribution in [2.45, 2.75) is 44.2 Å². The van der Waals surface area contributed by atoms with Gasteiger partial charge in [0, 0.05) is 17.5 Å². The van der Waals surface area contributed by atoms with E-state index in [4.69, 9.17) is 21.3 Å². The summed E-state index contributed by atoms with van der Waals surface area (Å²) in [6, 6.07) is 6.01. The van der Waals surface area contributed by atoms with Gasteiger partial charge in [0.15, 0.2) is 0 Å². The molecule has 1 saturated carbocycles. The second kappa shape index (κ2) is 4.50. The van der Waals surface area contributed by atoms with E-state index >= 15 is 0 Å². The molecule has 1 atom stereocenters. The number of aromatic nitrogens is 2. The molecule has 0 amide bonds. The van der Waals surface area contributed by atoms with E-state index in [0.29, 0.717) is 12.0 Å². The second-order valence-corrected chi connectivity index (χ2v) is 6.06. The first-order valence-corrected chi connectivity index (χ1v) is 7.46. The molecule has 1 saturated heterocycles. The zero-order valence-electron chi connectivity index (χ0n) is 10.8. The first-order chi connectivity index (χ1) is 9.31. The first kappa shape index (κ1) is 11.7. The largest absolute Gasteiger partial charge is 0.376 e. The highest BCUT2D eigenvalue weighted by Crippen LogP contribution is 2.41. The van der Waals surface area contributed by atoms with Crippen molar-refractivity contribution in [2.75, 3.05) is 6.61 Å². The van der Waals surface area contributed by atoms with E-state index in [1.54, 1.807) is 0 Å². The Labute approximate surface area is 117 Å². The highest BCUT2D eigenvalue weighted by atomic mass is 35.5. The fourth-order valence-corrected chi connectivity index (χ4v) is 3.12. The van der Waals surface area contributed by atoms with E-state index in [1.807, 2.05) is 12.1 Å². The smallest absolute Gasteiger partial charge is 0.113 e. The molecule has 1 aliphatic carbocycles. The predicted octanol–water partition coefficient (Wildman–Crippen LogP) is 3.75. The summed E-state index contributed by atoms with van der Waals surface area (Å²) in [5, 5.41) is 0.761. The van der Waals surface area contributed by atoms with Gasteiger partial charge in [-0.05, 0) is 43.9 Å². The van der Waals surface area contributed by atoms with Crippen molar-refractivity contribution in [3.05, 3.63) is 29.0 Å². The van der Waals surface area contributed by atoms with Gasteiger partial charge in [0.1, 0.15) is 5.82 Å². The number of fused-ring (bicyclic) bond motifs is 1. The Kier molecular flexibility index (Phi) is 2.78. The molecule has 0 N–H and O–H groups in total. The second-order valence-electron chi connectivity index (χ2n) is 5.62. The quantitative estimate of drug-likeness (QED) is 0.854. The fraction of sp³-hybridized carbons (Fsp3) is 0.533. The van der Waals surface area contributed by atoms with Gasteiger partial charge in [-0.1, -0.05) is 11.6 Å². The lowest BCUT2D eigenvalue weighted by Crippen LogP contribution is -2.16. The van der Waals surface area contributed by atoms with Crippen LogP contribution in [0, 0.1) is 0 Å². The van der Waals surface area contributed by atoms with Crippen molar-refractivity contribution in [1.82, 2.24) is 9.55 Å². The number of benzene rings is 1. The molecule has 2 aromatic rings. The molecular formula is C15H17ClN2O. The maximum atomic E-state index is 6.07. The van der Waals surface area contributed by atoms with Crippen molar-refractivity contribution in [2.24, 2.45) is 0 Å². The Morgan fingerprint density at radius 1 is 1.32 bits per heavy atom. The summed E-state index contributed by atoms with van der Waals surface area (Å²) in [6.07, 6.45) is 5.23. The van der Waals surface area contributed by atoms with Crippen molar-refractivity contribution in [1.29, 1.82) is 0 Å². The Balaban J connectivity index is 1.78. The normalized spacial score (nSPS) is 23.3. The van der Waals surface area contributed by atoms with Crippen LogP contribution in [-0.2, 0) is 11.3 Å². The fourth-order valence-electron chi connectivity index (χ4n) is 2.96. The molecule has 4 rings (SSSR count). The van der Waals surface area contributed by atoms with E-state index in [9.17, 15) is 0 Å². The lowest BCUT2D eigenvalue weighted by molar-refractivity contribution is 0.0972. The molecule has 19 heavy (non-hydrogen) atoms. The average Bonchev–Trinajstić information content (AvgIpc) is 3.00. The third kappa shape index (κ3) is 2.15. The van der Waals surface area contributed by atoms with Gasteiger partial charge in [0.05, 0.1) is 23.7 Å². The van der Waals surface area contributed by atoms with Crippen molar-refractivity contribution in [3.8, 4) is 0 Å². The molecule has 3 nitrogen and oxygen atoms in total. The molecule has 1 aromatic heterocycles. The Morgan fingerprint density at radius 3 is 2.95 bits per heavy atom. The molecule has 1 aliphatic heterocycles. The summed E-state index contributed by atoms with van der Waals surface area (Å²) in [4.78, 5) is 4.80. The number of halogens is 1. The van der Waals surface area contributed by atoms with Crippen LogP contribution in [0.15, 0.2) is 18.2 Å². The van der Waals surface area contributed by atoms with Crippen LogP contribution in [0.25, 0.3) is 11.0 Å². The van der Waals surface area contributed by atoms with Gasteiger partial charge in [-0.25, -0.2) is 4.98 Å². The van der Waals surface area contributed by atoms with E-state index < -0.39 is 0 Å². The average molecular weight is 277 g/mol. The third-order valence-corrected chi connectivity index (χ3v) is 4.33. The SMILES string of the molecule is Clc1ccc2c(c1)nc(C1CC1)n2CC1CCCO1. The van der Waals surface area contributed by atoms with Crippen molar-refractivity contribution < 1.29 is 4.74 Å². The summed E-state index contributed by atoms with van der Waals surface area (Å²) in [5.74, 6) is 1.88. The lowest BCUT2D eigenvalue weighted by Gasteiger charge is -2.13. The maximum absolute atomic E-state index is 6.07. The maximum Gasteiger partial charge on any atom is 0.113 e. The lowest BCUT2D eigenvalue weighted by atomic mass is 10.2. The minimum atomic E-state index is 0.352. The first-order valence-electron chi connectivity index (χ1n) is 7.08. The molecule has 4 heteroatoms. The van der Waals surface area contributed by atoms with Crippen LogP contribution in [0.3, 0.4) is 0 Å². The van der Waals surface area contributed by atoms with E-state index in [0.717, 1.165) is 30.1 Å². The third-order valence-electron chi connectivity index (χ3n) is 4.09. The number of ether oxygens (including phenoxy) is 1. The Morgan fingerprint density at radius 2 is 2.21 bits per heavy atom. The van der Waals surface area contributed by atoms with E-state index in [1.165, 1.54) is 30.6 Å². The Bertz CT molecular complexity index is 612. The summed E-state index contributed by atoms with van der Waals surface area (Å²) < 4.78 is 8.14. The van der Waals surface area contributed by atoms with Crippen molar-refractivity contribution >= 4 is 22.6 Å². The number of rotatable bonds is 3. The van der Waals surface area contributed by atoms with Crippen LogP contribution < -0.4 is 0 Å². The standard InChI is InChI=1S/C15H17ClN2O/c16-11-5-6-14-13(8-11)17-15(10-3-4-10)18(14)9-12-2-1-7-19-12/h5-6,8,10,12H,1-4,7,9H2. The minimum Gasteiger partial charge on any atom is -0.376 e. The molecule has 2 fully saturated rings. The molecule has 0 bridgehead atoms. The Hall–Kier alpha value is -1.06. The number of nitrogens with zero attached hydrogens (tertiary/aromatic N) is 2. The zero-order chi connectivity index (χ0) is 12.8. The number of hydrogen-bond donors (Lipinski definition) is 0. The number of hydrogen-bond acceptors (Lipinski definition) is 2. The molecule has 1 unspecified atom stereocenters. The van der Waals surface area contributed by atoms with Gasteiger partial charge in [0.25, 0.3) is 0 Å². The van der Waals surface area contributed by atoms with Gasteiger partial charge in [0.2, 0.25) is 0 Å². The molecule has 100 valence electrons. The summed E-state index contributed by atoms with van der Waals surface area (Å²) in [6.45, 7) is 1.84. The molecule has 0 radical (unpaired) electrons. The monoisotopic (exact) mass is 276 g/mol. The van der Waals surface area contributed by atoms with E-state index in [-0.39, 0.29) is 0 Å². The molecular weight excluding hydrogens is 260 g/mol. The van der Waals surface area contributed by atoms with Gasteiger partial charge in [-0.2, -0.15) is 0 Å². The van der Waals surface area contributed by atoms with Crippen LogP contribution in [0.5, 0.6) is 0 Å². The van der Waals surface area contributed by atoms with Gasteiger partial charge < -0.3 is 9.30 Å².